The predicted octanol–water partition coefficient (Wildman–Crippen LogP) is 2.42. The topological polar surface area (TPSA) is 30.0 Å². The number of halogens is 2. The number of aromatic nitrogens is 1. The highest BCUT2D eigenvalue weighted by atomic mass is 35.5. The Hall–Kier alpha value is -0.600. The highest BCUT2D eigenvalue weighted by Crippen LogP contribution is 2.17. The first-order valence-corrected chi connectivity index (χ1v) is 3.69. The molecule has 4 heteroatoms. The molecule has 0 N–H and O–H groups in total. The Morgan fingerprint density at radius 2 is 2.27 bits per heavy atom. The zero-order valence-corrected chi connectivity index (χ0v) is 7.28. The number of nitrogens with zero attached hydrogens (tertiary/aromatic N) is 1. The first kappa shape index (κ1) is 8.50. The largest absolute Gasteiger partial charge is 0.274 e. The number of rotatable bonds is 1. The van der Waals surface area contributed by atoms with Crippen LogP contribution in [-0.4, -0.2) is 10.2 Å². The number of hydrogen-bond donors (Lipinski definition) is 0. The molecule has 1 aromatic rings. The Balaban J connectivity index is 3.27. The van der Waals surface area contributed by atoms with E-state index in [-0.39, 0.29) is 5.69 Å². The van der Waals surface area contributed by atoms with E-state index in [1.165, 1.54) is 6.20 Å². The van der Waals surface area contributed by atoms with Gasteiger partial charge in [-0.05, 0) is 30.2 Å². The van der Waals surface area contributed by atoms with Crippen molar-refractivity contribution in [1.29, 1.82) is 0 Å². The quantitative estimate of drug-likeness (QED) is 0.636. The first-order valence-electron chi connectivity index (χ1n) is 2.94. The summed E-state index contributed by atoms with van der Waals surface area (Å²) < 4.78 is 0. The van der Waals surface area contributed by atoms with Crippen LogP contribution in [0, 0.1) is 6.92 Å². The van der Waals surface area contributed by atoms with Crippen molar-refractivity contribution in [2.75, 3.05) is 0 Å². The zero-order valence-electron chi connectivity index (χ0n) is 5.77. The van der Waals surface area contributed by atoms with Gasteiger partial charge in [0.1, 0.15) is 5.69 Å². The number of pyridine rings is 1. The van der Waals surface area contributed by atoms with Crippen molar-refractivity contribution in [2.24, 2.45) is 0 Å². The molecule has 0 amide bonds. The fraction of sp³-hybridized carbons (Fsp3) is 0.143. The first-order chi connectivity index (χ1) is 5.13. The summed E-state index contributed by atoms with van der Waals surface area (Å²) in [5, 5.41) is -0.0750. The van der Waals surface area contributed by atoms with Crippen molar-refractivity contribution < 1.29 is 4.79 Å². The van der Waals surface area contributed by atoms with Crippen LogP contribution in [0.25, 0.3) is 0 Å². The van der Waals surface area contributed by atoms with Crippen LogP contribution in [0.1, 0.15) is 16.1 Å². The molecule has 0 saturated carbocycles. The molecule has 0 saturated heterocycles. The predicted molar refractivity (Wildman–Crippen MR) is 44.2 cm³/mol. The van der Waals surface area contributed by atoms with E-state index < -0.39 is 5.24 Å². The minimum Gasteiger partial charge on any atom is -0.274 e. The van der Waals surface area contributed by atoms with E-state index in [1.54, 1.807) is 13.0 Å². The molecule has 1 heterocycles. The van der Waals surface area contributed by atoms with Crippen LogP contribution in [0.5, 0.6) is 0 Å². The third kappa shape index (κ3) is 1.70. The molecule has 0 aliphatic carbocycles. The van der Waals surface area contributed by atoms with Crippen LogP contribution in [-0.2, 0) is 0 Å². The molecule has 2 nitrogen and oxygen atoms in total. The van der Waals surface area contributed by atoms with Gasteiger partial charge in [-0.15, -0.1) is 0 Å². The second kappa shape index (κ2) is 3.20. The van der Waals surface area contributed by atoms with Gasteiger partial charge >= 0.3 is 0 Å². The second-order valence-corrected chi connectivity index (χ2v) is 2.79. The third-order valence-corrected chi connectivity index (χ3v) is 1.91. The highest BCUT2D eigenvalue weighted by molar-refractivity contribution is 6.67. The van der Waals surface area contributed by atoms with Crippen LogP contribution in [0.4, 0.5) is 0 Å². The van der Waals surface area contributed by atoms with Crippen molar-refractivity contribution in [3.8, 4) is 0 Å². The molecule has 0 aliphatic heterocycles. The monoisotopic (exact) mass is 189 g/mol. The Kier molecular flexibility index (Phi) is 2.47. The summed E-state index contributed by atoms with van der Waals surface area (Å²) in [6.45, 7) is 1.70. The van der Waals surface area contributed by atoms with Gasteiger partial charge in [0.05, 0.1) is 0 Å². The third-order valence-electron chi connectivity index (χ3n) is 1.32. The van der Waals surface area contributed by atoms with E-state index in [1.807, 2.05) is 0 Å². The zero-order chi connectivity index (χ0) is 8.43. The molecule has 58 valence electrons. The lowest BCUT2D eigenvalue weighted by Gasteiger charge is -1.99. The normalized spacial score (nSPS) is 9.73. The maximum Gasteiger partial charge on any atom is 0.271 e. The van der Waals surface area contributed by atoms with Gasteiger partial charge in [0.25, 0.3) is 5.24 Å². The Morgan fingerprint density at radius 1 is 1.64 bits per heavy atom. The summed E-state index contributed by atoms with van der Waals surface area (Å²) in [6, 6.07) is 1.61. The van der Waals surface area contributed by atoms with Crippen molar-refractivity contribution in [2.45, 2.75) is 6.92 Å². The maximum atomic E-state index is 10.7. The molecule has 0 fully saturated rings. The minimum absolute atomic E-state index is 0.221. The van der Waals surface area contributed by atoms with Crippen LogP contribution in [0.15, 0.2) is 12.3 Å². The lowest BCUT2D eigenvalue weighted by Crippen LogP contribution is -1.97. The van der Waals surface area contributed by atoms with Crippen LogP contribution >= 0.6 is 23.2 Å². The van der Waals surface area contributed by atoms with Crippen molar-refractivity contribution >= 4 is 28.4 Å². The Bertz CT molecular complexity index is 298. The average Bonchev–Trinajstić information content (AvgIpc) is 1.94. The summed E-state index contributed by atoms with van der Waals surface area (Å²) in [6.07, 6.45) is 1.45. The lowest BCUT2D eigenvalue weighted by atomic mass is 10.2. The maximum absolute atomic E-state index is 10.7. The molecule has 11 heavy (non-hydrogen) atoms. The molecular formula is C7H5Cl2NO. The van der Waals surface area contributed by atoms with Gasteiger partial charge < -0.3 is 0 Å². The van der Waals surface area contributed by atoms with Crippen molar-refractivity contribution in [1.82, 2.24) is 4.98 Å². The molecule has 1 rings (SSSR count). The lowest BCUT2D eigenvalue weighted by molar-refractivity contribution is 0.107. The number of carbonyl (C=O) groups excluding carboxylic acids is 1. The Morgan fingerprint density at radius 3 is 2.73 bits per heavy atom. The van der Waals surface area contributed by atoms with Crippen molar-refractivity contribution in [3.63, 3.8) is 0 Å². The Labute approximate surface area is 74.1 Å². The van der Waals surface area contributed by atoms with Gasteiger partial charge in [-0.2, -0.15) is 0 Å². The van der Waals surface area contributed by atoms with Gasteiger partial charge in [0.2, 0.25) is 0 Å². The summed E-state index contributed by atoms with van der Waals surface area (Å²) in [4.78, 5) is 14.4. The van der Waals surface area contributed by atoms with Gasteiger partial charge in [0, 0.05) is 11.2 Å². The molecule has 0 radical (unpaired) electrons. The molecule has 0 atom stereocenters. The van der Waals surface area contributed by atoms with Crippen molar-refractivity contribution in [3.05, 3.63) is 28.5 Å². The molecule has 0 spiro atoms. The SMILES string of the molecule is Cc1c(Cl)ccnc1C(=O)Cl. The summed E-state index contributed by atoms with van der Waals surface area (Å²) in [5.41, 5.74) is 0.841. The molecule has 0 unspecified atom stereocenters. The standard InChI is InChI=1S/C7H5Cl2NO/c1-4-5(8)2-3-10-6(4)7(9)11/h2-3H,1H3. The van der Waals surface area contributed by atoms with E-state index in [4.69, 9.17) is 23.2 Å². The van der Waals surface area contributed by atoms with E-state index in [0.29, 0.717) is 10.6 Å². The molecule has 1 aromatic heterocycles. The molecule has 0 aromatic carbocycles. The summed E-state index contributed by atoms with van der Waals surface area (Å²) in [7, 11) is 0. The average molecular weight is 190 g/mol. The van der Waals surface area contributed by atoms with Gasteiger partial charge in [-0.3, -0.25) is 9.78 Å². The number of carbonyl (C=O) groups is 1. The summed E-state index contributed by atoms with van der Waals surface area (Å²) in [5.74, 6) is 0. The fourth-order valence-electron chi connectivity index (χ4n) is 0.710. The minimum atomic E-state index is -0.579. The van der Waals surface area contributed by atoms with Gasteiger partial charge in [0.15, 0.2) is 0 Å². The van der Waals surface area contributed by atoms with Crippen LogP contribution in [0.3, 0.4) is 0 Å². The molecule has 0 aliphatic rings. The van der Waals surface area contributed by atoms with E-state index >= 15 is 0 Å². The van der Waals surface area contributed by atoms with E-state index in [2.05, 4.69) is 4.98 Å². The number of hydrogen-bond acceptors (Lipinski definition) is 2. The van der Waals surface area contributed by atoms with Crippen LogP contribution < -0.4 is 0 Å². The fourth-order valence-corrected chi connectivity index (χ4v) is 1.05. The van der Waals surface area contributed by atoms with Gasteiger partial charge in [-0.25, -0.2) is 0 Å². The summed E-state index contributed by atoms with van der Waals surface area (Å²) >= 11 is 10.9. The second-order valence-electron chi connectivity index (χ2n) is 2.04. The van der Waals surface area contributed by atoms with Gasteiger partial charge in [-0.1, -0.05) is 11.6 Å². The molecular weight excluding hydrogens is 185 g/mol. The smallest absolute Gasteiger partial charge is 0.271 e. The molecule has 0 bridgehead atoms. The van der Waals surface area contributed by atoms with E-state index in [0.717, 1.165) is 0 Å². The van der Waals surface area contributed by atoms with E-state index in [9.17, 15) is 4.79 Å². The van der Waals surface area contributed by atoms with Crippen LogP contribution in [0.2, 0.25) is 5.02 Å². The highest BCUT2D eigenvalue weighted by Gasteiger charge is 2.08.